The molecule has 0 aliphatic carbocycles. The average Bonchev–Trinajstić information content (AvgIpc) is 2.25. The van der Waals surface area contributed by atoms with Gasteiger partial charge in [0.25, 0.3) is 0 Å². The third kappa shape index (κ3) is 2.04. The van der Waals surface area contributed by atoms with Crippen LogP contribution in [0.5, 0.6) is 0 Å². The van der Waals surface area contributed by atoms with Crippen molar-refractivity contribution in [1.29, 1.82) is 0 Å². The van der Waals surface area contributed by atoms with Crippen molar-refractivity contribution in [1.82, 2.24) is 4.98 Å². The van der Waals surface area contributed by atoms with Gasteiger partial charge in [-0.3, -0.25) is 4.98 Å². The second-order valence-electron chi connectivity index (χ2n) is 2.96. The van der Waals surface area contributed by atoms with E-state index in [9.17, 15) is 8.78 Å². The van der Waals surface area contributed by atoms with Gasteiger partial charge in [-0.25, -0.2) is 8.78 Å². The highest BCUT2D eigenvalue weighted by atomic mass is 79.9. The number of benzene rings is 1. The summed E-state index contributed by atoms with van der Waals surface area (Å²) >= 11 is 3.01. The molecule has 2 rings (SSSR count). The summed E-state index contributed by atoms with van der Waals surface area (Å²) in [5, 5.41) is 0. The summed E-state index contributed by atoms with van der Waals surface area (Å²) in [5.41, 5.74) is 0.763. The first kappa shape index (κ1) is 10.2. The maximum Gasteiger partial charge on any atom is 0.140 e. The molecule has 0 saturated carbocycles. The largest absolute Gasteiger partial charge is 0.256 e. The highest BCUT2D eigenvalue weighted by Gasteiger charge is 2.10. The van der Waals surface area contributed by atoms with Crippen molar-refractivity contribution in [3.05, 3.63) is 52.6 Å². The van der Waals surface area contributed by atoms with Crippen molar-refractivity contribution in [2.24, 2.45) is 0 Å². The molecule has 0 amide bonds. The second-order valence-corrected chi connectivity index (χ2v) is 3.82. The second kappa shape index (κ2) is 4.06. The molecule has 0 fully saturated rings. The lowest BCUT2D eigenvalue weighted by atomic mass is 10.1. The number of hydrogen-bond donors (Lipinski definition) is 0. The van der Waals surface area contributed by atoms with Crippen molar-refractivity contribution < 1.29 is 8.78 Å². The van der Waals surface area contributed by atoms with E-state index in [0.717, 1.165) is 6.07 Å². The van der Waals surface area contributed by atoms with E-state index in [2.05, 4.69) is 20.9 Å². The van der Waals surface area contributed by atoms with E-state index in [0.29, 0.717) is 5.69 Å². The van der Waals surface area contributed by atoms with Gasteiger partial charge in [0.1, 0.15) is 11.6 Å². The van der Waals surface area contributed by atoms with Gasteiger partial charge < -0.3 is 0 Å². The van der Waals surface area contributed by atoms with Gasteiger partial charge in [0.2, 0.25) is 0 Å². The molecule has 1 nitrogen and oxygen atoms in total. The van der Waals surface area contributed by atoms with E-state index < -0.39 is 11.6 Å². The monoisotopic (exact) mass is 269 g/mol. The van der Waals surface area contributed by atoms with Crippen LogP contribution < -0.4 is 0 Å². The molecule has 0 unspecified atom stereocenters. The van der Waals surface area contributed by atoms with Crippen LogP contribution in [0, 0.1) is 11.6 Å². The summed E-state index contributed by atoms with van der Waals surface area (Å²) in [7, 11) is 0. The summed E-state index contributed by atoms with van der Waals surface area (Å²) in [5.74, 6) is -1.23. The Morgan fingerprint density at radius 1 is 1.07 bits per heavy atom. The molecule has 1 heterocycles. The number of aromatic nitrogens is 1. The fraction of sp³-hybridized carbons (Fsp3) is 0. The van der Waals surface area contributed by atoms with Crippen molar-refractivity contribution >= 4 is 15.9 Å². The molecule has 0 N–H and O–H groups in total. The van der Waals surface area contributed by atoms with Crippen molar-refractivity contribution in [3.8, 4) is 11.3 Å². The molecule has 1 aromatic carbocycles. The van der Waals surface area contributed by atoms with Crippen molar-refractivity contribution in [3.63, 3.8) is 0 Å². The summed E-state index contributed by atoms with van der Waals surface area (Å²) in [6.45, 7) is 0. The highest BCUT2D eigenvalue weighted by Crippen LogP contribution is 2.26. The maximum absolute atomic E-state index is 13.4. The average molecular weight is 270 g/mol. The molecule has 0 atom stereocenters. The minimum Gasteiger partial charge on any atom is -0.256 e. The van der Waals surface area contributed by atoms with Crippen LogP contribution in [0.15, 0.2) is 41.0 Å². The SMILES string of the molecule is Fc1cc(F)c(-c2ccccn2)cc1Br. The molecule has 0 radical (unpaired) electrons. The summed E-state index contributed by atoms with van der Waals surface area (Å²) in [6.07, 6.45) is 1.56. The fourth-order valence-electron chi connectivity index (χ4n) is 1.24. The zero-order chi connectivity index (χ0) is 10.8. The Labute approximate surface area is 93.9 Å². The number of rotatable bonds is 1. The van der Waals surface area contributed by atoms with Crippen molar-refractivity contribution in [2.75, 3.05) is 0 Å². The molecule has 0 aliphatic heterocycles. The van der Waals surface area contributed by atoms with E-state index in [-0.39, 0.29) is 10.0 Å². The quantitative estimate of drug-likeness (QED) is 0.718. The third-order valence-electron chi connectivity index (χ3n) is 1.95. The van der Waals surface area contributed by atoms with Gasteiger partial charge in [-0.05, 0) is 34.1 Å². The number of nitrogens with zero attached hydrogens (tertiary/aromatic N) is 1. The predicted octanol–water partition coefficient (Wildman–Crippen LogP) is 3.79. The lowest BCUT2D eigenvalue weighted by Crippen LogP contribution is -1.90. The van der Waals surface area contributed by atoms with Crippen LogP contribution in [-0.4, -0.2) is 4.98 Å². The third-order valence-corrected chi connectivity index (χ3v) is 2.56. The Bertz CT molecular complexity index is 485. The van der Waals surface area contributed by atoms with Crippen LogP contribution in [0.1, 0.15) is 0 Å². The Morgan fingerprint density at radius 2 is 1.87 bits per heavy atom. The van der Waals surface area contributed by atoms with Gasteiger partial charge in [-0.2, -0.15) is 0 Å². The van der Waals surface area contributed by atoms with Gasteiger partial charge in [0.15, 0.2) is 0 Å². The molecule has 76 valence electrons. The molecule has 0 spiro atoms. The first-order valence-corrected chi connectivity index (χ1v) is 5.04. The van der Waals surface area contributed by atoms with E-state index >= 15 is 0 Å². The molecule has 0 bridgehead atoms. The van der Waals surface area contributed by atoms with Gasteiger partial charge in [0.05, 0.1) is 10.2 Å². The summed E-state index contributed by atoms with van der Waals surface area (Å²) in [4.78, 5) is 4.00. The van der Waals surface area contributed by atoms with Crippen molar-refractivity contribution in [2.45, 2.75) is 0 Å². The molecule has 2 aromatic rings. The van der Waals surface area contributed by atoms with Gasteiger partial charge in [-0.15, -0.1) is 0 Å². The van der Waals surface area contributed by atoms with Crippen LogP contribution in [0.2, 0.25) is 0 Å². The molecule has 0 saturated heterocycles. The summed E-state index contributed by atoms with van der Waals surface area (Å²) in [6, 6.07) is 7.38. The van der Waals surface area contributed by atoms with Gasteiger partial charge in [-0.1, -0.05) is 6.07 Å². The van der Waals surface area contributed by atoms with Crippen LogP contribution in [0.25, 0.3) is 11.3 Å². The molecular weight excluding hydrogens is 264 g/mol. The molecular formula is C11H6BrF2N. The lowest BCUT2D eigenvalue weighted by Gasteiger charge is -2.03. The van der Waals surface area contributed by atoms with E-state index in [4.69, 9.17) is 0 Å². The van der Waals surface area contributed by atoms with Gasteiger partial charge in [0, 0.05) is 17.8 Å². The molecule has 0 aliphatic rings. The molecule has 15 heavy (non-hydrogen) atoms. The Balaban J connectivity index is 2.59. The minimum atomic E-state index is -0.618. The van der Waals surface area contributed by atoms with Crippen LogP contribution >= 0.6 is 15.9 Å². The topological polar surface area (TPSA) is 12.9 Å². The van der Waals surface area contributed by atoms with E-state index in [1.165, 1.54) is 6.07 Å². The normalized spacial score (nSPS) is 10.3. The van der Waals surface area contributed by atoms with Crippen LogP contribution in [0.4, 0.5) is 8.78 Å². The minimum absolute atomic E-state index is 0.226. The Hall–Kier alpha value is -1.29. The van der Waals surface area contributed by atoms with E-state index in [1.54, 1.807) is 24.4 Å². The standard InChI is InChI=1S/C11H6BrF2N/c12-8-5-7(9(13)6-10(8)14)11-3-1-2-4-15-11/h1-6H. The zero-order valence-electron chi connectivity index (χ0n) is 7.55. The maximum atomic E-state index is 13.4. The van der Waals surface area contributed by atoms with E-state index in [1.807, 2.05) is 0 Å². The molecule has 1 aromatic heterocycles. The number of pyridine rings is 1. The first-order valence-electron chi connectivity index (χ1n) is 4.24. The number of halogens is 3. The van der Waals surface area contributed by atoms with Crippen LogP contribution in [0.3, 0.4) is 0 Å². The fourth-order valence-corrected chi connectivity index (χ4v) is 1.58. The Morgan fingerprint density at radius 3 is 2.53 bits per heavy atom. The lowest BCUT2D eigenvalue weighted by molar-refractivity contribution is 0.581. The highest BCUT2D eigenvalue weighted by molar-refractivity contribution is 9.10. The predicted molar refractivity (Wildman–Crippen MR) is 57.3 cm³/mol. The number of hydrogen-bond acceptors (Lipinski definition) is 1. The first-order chi connectivity index (χ1) is 7.18. The molecule has 4 heteroatoms. The summed E-state index contributed by atoms with van der Waals surface area (Å²) < 4.78 is 26.6. The smallest absolute Gasteiger partial charge is 0.140 e. The van der Waals surface area contributed by atoms with Crippen LogP contribution in [-0.2, 0) is 0 Å². The Kier molecular flexibility index (Phi) is 2.77. The van der Waals surface area contributed by atoms with Gasteiger partial charge >= 0.3 is 0 Å². The zero-order valence-corrected chi connectivity index (χ0v) is 9.13.